The van der Waals surface area contributed by atoms with E-state index in [0.29, 0.717) is 0 Å². The van der Waals surface area contributed by atoms with Crippen LogP contribution in [0.25, 0.3) is 0 Å². The van der Waals surface area contributed by atoms with Crippen molar-refractivity contribution in [2.75, 3.05) is 12.8 Å². The van der Waals surface area contributed by atoms with Crippen molar-refractivity contribution in [2.24, 2.45) is 0 Å². The number of carboxylic acid groups (broad SMARTS) is 1. The van der Waals surface area contributed by atoms with E-state index < -0.39 is 13.3 Å². The molecule has 0 amide bonds. The van der Waals surface area contributed by atoms with Crippen LogP contribution in [0.15, 0.2) is 0 Å². The third-order valence-corrected chi connectivity index (χ3v) is 1.79. The summed E-state index contributed by atoms with van der Waals surface area (Å²) < 4.78 is 10.4. The van der Waals surface area contributed by atoms with Crippen LogP contribution >= 0.6 is 7.37 Å². The minimum Gasteiger partial charge on any atom is -0.481 e. The van der Waals surface area contributed by atoms with Gasteiger partial charge in [-0.3, -0.25) is 9.36 Å². The van der Waals surface area contributed by atoms with Gasteiger partial charge in [0.1, 0.15) is 0 Å². The van der Waals surface area contributed by atoms with Gasteiger partial charge in [0.05, 0.1) is 6.42 Å². The fourth-order valence-electron chi connectivity index (χ4n) is 0.303. The van der Waals surface area contributed by atoms with E-state index >= 15 is 0 Å². The molecular weight excluding hydrogens is 208 g/mol. The Labute approximate surface area is 71.8 Å². The summed E-state index contributed by atoms with van der Waals surface area (Å²) in [5, 5.41) is 8.04. The van der Waals surface area contributed by atoms with Crippen LogP contribution in [-0.2, 0) is 28.8 Å². The van der Waals surface area contributed by atoms with E-state index in [-0.39, 0.29) is 32.1 Å². The first-order valence-corrected chi connectivity index (χ1v) is 4.72. The second-order valence-corrected chi connectivity index (χ2v) is 4.47. The first-order chi connectivity index (χ1) is 3.92. The predicted molar refractivity (Wildman–Crippen MR) is 32.9 cm³/mol. The molecule has 4 nitrogen and oxygen atoms in total. The van der Waals surface area contributed by atoms with E-state index in [2.05, 4.69) is 0 Å². The van der Waals surface area contributed by atoms with Crippen molar-refractivity contribution >= 4 is 13.3 Å². The molecule has 0 fully saturated rings. The number of aliphatic carboxylic acids is 1. The van der Waals surface area contributed by atoms with Crippen LogP contribution < -0.4 is 0 Å². The zero-order chi connectivity index (χ0) is 7.49. The van der Waals surface area contributed by atoms with Crippen molar-refractivity contribution < 1.29 is 38.8 Å². The molecule has 0 aromatic rings. The van der Waals surface area contributed by atoms with Crippen molar-refractivity contribution in [3.63, 3.8) is 0 Å². The molecule has 56 valence electrons. The van der Waals surface area contributed by atoms with Crippen LogP contribution in [0.4, 0.5) is 0 Å². The third kappa shape index (κ3) is 11.1. The van der Waals surface area contributed by atoms with Gasteiger partial charge in [0.15, 0.2) is 7.37 Å². The molecule has 0 aliphatic heterocycles. The van der Waals surface area contributed by atoms with Gasteiger partial charge in [0.2, 0.25) is 0 Å². The Morgan fingerprint density at radius 3 is 2.10 bits per heavy atom. The molecule has 10 heavy (non-hydrogen) atoms. The minimum absolute atomic E-state index is 0. The van der Waals surface area contributed by atoms with Gasteiger partial charge >= 0.3 is 5.97 Å². The summed E-state index contributed by atoms with van der Waals surface area (Å²) in [5.74, 6) is -1.04. The molecule has 0 spiro atoms. The van der Waals surface area contributed by atoms with E-state index in [9.17, 15) is 9.36 Å². The number of hydrogen-bond donors (Lipinski definition) is 2. The number of hydrogen-bond acceptors (Lipinski definition) is 2. The Kier molecular flexibility index (Phi) is 6.46. The van der Waals surface area contributed by atoms with Crippen molar-refractivity contribution in [3.8, 4) is 0 Å². The molecular formula is C4H9O4PZn. The van der Waals surface area contributed by atoms with Gasteiger partial charge in [-0.2, -0.15) is 0 Å². The van der Waals surface area contributed by atoms with Gasteiger partial charge in [-0.15, -0.1) is 0 Å². The van der Waals surface area contributed by atoms with Crippen LogP contribution in [0.3, 0.4) is 0 Å². The molecule has 0 aliphatic rings. The van der Waals surface area contributed by atoms with Crippen LogP contribution in [0.2, 0.25) is 0 Å². The second kappa shape index (κ2) is 5.00. The summed E-state index contributed by atoms with van der Waals surface area (Å²) in [6, 6.07) is 0. The Bertz CT molecular complexity index is 151. The van der Waals surface area contributed by atoms with E-state index in [0.717, 1.165) is 6.66 Å². The molecule has 0 saturated carbocycles. The van der Waals surface area contributed by atoms with E-state index in [1.54, 1.807) is 0 Å². The van der Waals surface area contributed by atoms with Crippen LogP contribution in [0, 0.1) is 0 Å². The topological polar surface area (TPSA) is 74.6 Å². The fourth-order valence-corrected chi connectivity index (χ4v) is 0.909. The summed E-state index contributed by atoms with van der Waals surface area (Å²) in [5.41, 5.74) is 0. The second-order valence-electron chi connectivity index (χ2n) is 1.92. The van der Waals surface area contributed by atoms with Crippen LogP contribution in [0.1, 0.15) is 6.42 Å². The number of rotatable bonds is 3. The molecule has 0 radical (unpaired) electrons. The van der Waals surface area contributed by atoms with Gasteiger partial charge in [0.25, 0.3) is 0 Å². The third-order valence-electron chi connectivity index (χ3n) is 0.741. The standard InChI is InChI=1S/C4H9O4P.Zn/c1-9(7,8)3-2-4(5)6;/h2-3H2,1H3,(H,5,6)(H,7,8);. The SMILES string of the molecule is CP(=O)(O)CCC(=O)O.[Zn]. The van der Waals surface area contributed by atoms with Crippen LogP contribution in [0.5, 0.6) is 0 Å². The first-order valence-electron chi connectivity index (χ1n) is 2.43. The van der Waals surface area contributed by atoms with Crippen molar-refractivity contribution in [2.45, 2.75) is 6.42 Å². The Balaban J connectivity index is 0. The Morgan fingerprint density at radius 1 is 1.60 bits per heavy atom. The molecule has 0 rings (SSSR count). The molecule has 0 saturated heterocycles. The maximum Gasteiger partial charge on any atom is 0.303 e. The maximum absolute atomic E-state index is 10.4. The molecule has 1 atom stereocenters. The first kappa shape index (κ1) is 12.9. The quantitative estimate of drug-likeness (QED) is 0.529. The summed E-state index contributed by atoms with van der Waals surface area (Å²) >= 11 is 0. The summed E-state index contributed by atoms with van der Waals surface area (Å²) in [6.45, 7) is 1.15. The number of carboxylic acids is 1. The minimum atomic E-state index is -3.10. The van der Waals surface area contributed by atoms with Crippen molar-refractivity contribution in [1.82, 2.24) is 0 Å². The molecule has 0 aromatic carbocycles. The van der Waals surface area contributed by atoms with Gasteiger partial charge in [-0.25, -0.2) is 0 Å². The molecule has 0 aromatic heterocycles. The molecule has 6 heteroatoms. The summed E-state index contributed by atoms with van der Waals surface area (Å²) in [6.07, 6.45) is -0.368. The smallest absolute Gasteiger partial charge is 0.303 e. The predicted octanol–water partition coefficient (Wildman–Crippen LogP) is 0.359. The maximum atomic E-state index is 10.4. The van der Waals surface area contributed by atoms with Gasteiger partial charge in [-0.1, -0.05) is 0 Å². The van der Waals surface area contributed by atoms with Gasteiger partial charge in [-0.05, 0) is 0 Å². The Hall–Kier alpha value is 0.283. The van der Waals surface area contributed by atoms with Crippen LogP contribution in [-0.4, -0.2) is 28.8 Å². The zero-order valence-electron chi connectivity index (χ0n) is 5.78. The van der Waals surface area contributed by atoms with E-state index in [1.165, 1.54) is 0 Å². The molecule has 0 bridgehead atoms. The monoisotopic (exact) mass is 216 g/mol. The molecule has 2 N–H and O–H groups in total. The van der Waals surface area contributed by atoms with Gasteiger partial charge < -0.3 is 10.00 Å². The van der Waals surface area contributed by atoms with Gasteiger partial charge in [0, 0.05) is 32.3 Å². The molecule has 0 heterocycles. The zero-order valence-corrected chi connectivity index (χ0v) is 9.64. The normalized spacial score (nSPS) is 15.0. The largest absolute Gasteiger partial charge is 0.481 e. The Morgan fingerprint density at radius 2 is 2.00 bits per heavy atom. The van der Waals surface area contributed by atoms with Crippen molar-refractivity contribution in [3.05, 3.63) is 0 Å². The molecule has 1 unspecified atom stereocenters. The average molecular weight is 217 g/mol. The average Bonchev–Trinajstić information content (AvgIpc) is 1.59. The summed E-state index contributed by atoms with van der Waals surface area (Å²) in [4.78, 5) is 18.4. The van der Waals surface area contributed by atoms with E-state index in [1.807, 2.05) is 0 Å². The van der Waals surface area contributed by atoms with E-state index in [4.69, 9.17) is 10.00 Å². The number of carbonyl (C=O) groups is 1. The van der Waals surface area contributed by atoms with Crippen molar-refractivity contribution in [1.29, 1.82) is 0 Å². The molecule has 0 aliphatic carbocycles. The summed E-state index contributed by atoms with van der Waals surface area (Å²) in [7, 11) is -3.10. The fraction of sp³-hybridized carbons (Fsp3) is 0.750.